The van der Waals surface area contributed by atoms with E-state index < -0.39 is 0 Å². The Morgan fingerprint density at radius 1 is 1.08 bits per heavy atom. The Kier molecular flexibility index (Phi) is 5.28. The van der Waals surface area contributed by atoms with Crippen molar-refractivity contribution in [1.82, 2.24) is 4.90 Å². The summed E-state index contributed by atoms with van der Waals surface area (Å²) in [6.07, 6.45) is 1.59. The highest BCUT2D eigenvalue weighted by Gasteiger charge is 2.38. The van der Waals surface area contributed by atoms with Crippen molar-refractivity contribution in [1.29, 1.82) is 0 Å². The standard InChI is InChI=1S/C19H19NO4S/c1-3-20-18(21)16(13-7-9-14(10-8-13)23-4-2)17(19(20)22)25-12-15-6-5-11-24-15/h5-11H,3-4,12H2,1-2H3. The van der Waals surface area contributed by atoms with Crippen LogP contribution in [0.3, 0.4) is 0 Å². The molecule has 2 heterocycles. The molecule has 1 aliphatic heterocycles. The van der Waals surface area contributed by atoms with Crippen molar-refractivity contribution in [3.63, 3.8) is 0 Å². The van der Waals surface area contributed by atoms with E-state index >= 15 is 0 Å². The molecule has 0 saturated heterocycles. The molecule has 0 unspecified atom stereocenters. The van der Waals surface area contributed by atoms with E-state index in [1.165, 1.54) is 16.7 Å². The lowest BCUT2D eigenvalue weighted by molar-refractivity contribution is -0.136. The average Bonchev–Trinajstić information content (AvgIpc) is 3.21. The minimum atomic E-state index is -0.251. The molecule has 0 saturated carbocycles. The summed E-state index contributed by atoms with van der Waals surface area (Å²) < 4.78 is 10.8. The number of thioether (sulfide) groups is 1. The Morgan fingerprint density at radius 2 is 1.84 bits per heavy atom. The summed E-state index contributed by atoms with van der Waals surface area (Å²) in [5.74, 6) is 1.51. The third-order valence-corrected chi connectivity index (χ3v) is 4.93. The summed E-state index contributed by atoms with van der Waals surface area (Å²) in [6.45, 7) is 4.64. The molecule has 5 nitrogen and oxygen atoms in total. The van der Waals surface area contributed by atoms with Crippen LogP contribution >= 0.6 is 11.8 Å². The number of likely N-dealkylation sites (N-methyl/N-ethyl adjacent to an activating group) is 1. The summed E-state index contributed by atoms with van der Waals surface area (Å²) in [6, 6.07) is 10.9. The maximum absolute atomic E-state index is 12.7. The number of benzene rings is 1. The molecule has 1 aromatic carbocycles. The molecule has 6 heteroatoms. The van der Waals surface area contributed by atoms with Crippen molar-refractivity contribution >= 4 is 29.1 Å². The lowest BCUT2D eigenvalue weighted by Gasteiger charge is -2.11. The van der Waals surface area contributed by atoms with Gasteiger partial charge in [0.25, 0.3) is 11.8 Å². The second-order valence-corrected chi connectivity index (χ2v) is 6.37. The number of ether oxygens (including phenoxy) is 1. The summed E-state index contributed by atoms with van der Waals surface area (Å²) in [5, 5.41) is 0. The van der Waals surface area contributed by atoms with Gasteiger partial charge >= 0.3 is 0 Å². The van der Waals surface area contributed by atoms with E-state index in [4.69, 9.17) is 9.15 Å². The molecule has 130 valence electrons. The van der Waals surface area contributed by atoms with Gasteiger partial charge in [-0.3, -0.25) is 14.5 Å². The van der Waals surface area contributed by atoms with E-state index in [0.29, 0.717) is 29.4 Å². The van der Waals surface area contributed by atoms with Crippen LogP contribution in [0.2, 0.25) is 0 Å². The molecule has 0 bridgehead atoms. The smallest absolute Gasteiger partial charge is 0.267 e. The third-order valence-electron chi connectivity index (χ3n) is 3.83. The van der Waals surface area contributed by atoms with Crippen LogP contribution in [0.4, 0.5) is 0 Å². The van der Waals surface area contributed by atoms with Crippen LogP contribution in [-0.2, 0) is 15.3 Å². The summed E-state index contributed by atoms with van der Waals surface area (Å²) in [5.41, 5.74) is 1.17. The minimum absolute atomic E-state index is 0.243. The van der Waals surface area contributed by atoms with E-state index in [2.05, 4.69) is 0 Å². The zero-order valence-corrected chi connectivity index (χ0v) is 15.0. The zero-order valence-electron chi connectivity index (χ0n) is 14.2. The van der Waals surface area contributed by atoms with Crippen LogP contribution < -0.4 is 4.74 Å². The molecule has 2 amide bonds. The normalized spacial score (nSPS) is 14.6. The highest BCUT2D eigenvalue weighted by molar-refractivity contribution is 8.03. The van der Waals surface area contributed by atoms with Crippen LogP contribution in [0.25, 0.3) is 5.57 Å². The fraction of sp³-hybridized carbons (Fsp3) is 0.263. The molecular formula is C19H19NO4S. The highest BCUT2D eigenvalue weighted by atomic mass is 32.2. The average molecular weight is 357 g/mol. The van der Waals surface area contributed by atoms with Crippen LogP contribution in [-0.4, -0.2) is 29.9 Å². The maximum atomic E-state index is 12.7. The first-order valence-electron chi connectivity index (χ1n) is 8.14. The first-order valence-corrected chi connectivity index (χ1v) is 9.13. The molecule has 3 rings (SSSR count). The quantitative estimate of drug-likeness (QED) is 0.707. The molecule has 0 radical (unpaired) electrons. The molecule has 1 aromatic heterocycles. The van der Waals surface area contributed by atoms with Gasteiger partial charge in [0.05, 0.1) is 29.1 Å². The van der Waals surface area contributed by atoms with E-state index in [1.54, 1.807) is 19.3 Å². The van der Waals surface area contributed by atoms with Crippen molar-refractivity contribution in [3.8, 4) is 5.75 Å². The number of furan rings is 1. The van der Waals surface area contributed by atoms with Crippen molar-refractivity contribution in [3.05, 3.63) is 58.9 Å². The lowest BCUT2D eigenvalue weighted by Crippen LogP contribution is -2.31. The summed E-state index contributed by atoms with van der Waals surface area (Å²) in [4.78, 5) is 27.1. The van der Waals surface area contributed by atoms with E-state index in [1.807, 2.05) is 37.3 Å². The fourth-order valence-electron chi connectivity index (χ4n) is 2.65. The summed E-state index contributed by atoms with van der Waals surface area (Å²) >= 11 is 1.33. The molecular weight excluding hydrogens is 338 g/mol. The Balaban J connectivity index is 1.93. The van der Waals surface area contributed by atoms with Crippen molar-refractivity contribution in [2.45, 2.75) is 19.6 Å². The largest absolute Gasteiger partial charge is 0.494 e. The second-order valence-electron chi connectivity index (χ2n) is 5.38. The minimum Gasteiger partial charge on any atom is -0.494 e. The molecule has 0 fully saturated rings. The van der Waals surface area contributed by atoms with Crippen LogP contribution in [0.15, 0.2) is 52.0 Å². The molecule has 0 spiro atoms. The number of hydrogen-bond acceptors (Lipinski definition) is 5. The molecule has 1 aliphatic rings. The molecule has 0 aliphatic carbocycles. The van der Waals surface area contributed by atoms with Gasteiger partial charge in [-0.15, -0.1) is 11.8 Å². The SMILES string of the molecule is CCOc1ccc(C2=C(SCc3ccco3)C(=O)N(CC)C2=O)cc1. The number of carbonyl (C=O) groups is 2. The van der Waals surface area contributed by atoms with Gasteiger partial charge < -0.3 is 9.15 Å². The number of hydrogen-bond donors (Lipinski definition) is 0. The molecule has 0 N–H and O–H groups in total. The van der Waals surface area contributed by atoms with Gasteiger partial charge in [-0.05, 0) is 43.7 Å². The van der Waals surface area contributed by atoms with Gasteiger partial charge in [0, 0.05) is 6.54 Å². The van der Waals surface area contributed by atoms with Gasteiger partial charge in [0.1, 0.15) is 11.5 Å². The van der Waals surface area contributed by atoms with Crippen LogP contribution in [0.1, 0.15) is 25.2 Å². The number of rotatable bonds is 7. The Labute approximate surface area is 150 Å². The Morgan fingerprint density at radius 3 is 2.44 bits per heavy atom. The summed E-state index contributed by atoms with van der Waals surface area (Å²) in [7, 11) is 0. The lowest BCUT2D eigenvalue weighted by atomic mass is 10.1. The van der Waals surface area contributed by atoms with Crippen molar-refractivity contribution in [2.75, 3.05) is 13.2 Å². The van der Waals surface area contributed by atoms with Gasteiger partial charge in [-0.25, -0.2) is 0 Å². The highest BCUT2D eigenvalue weighted by Crippen LogP contribution is 2.37. The topological polar surface area (TPSA) is 59.8 Å². The van der Waals surface area contributed by atoms with E-state index in [0.717, 1.165) is 17.1 Å². The Hall–Kier alpha value is -2.47. The monoisotopic (exact) mass is 357 g/mol. The number of carbonyl (C=O) groups excluding carboxylic acids is 2. The Bertz CT molecular complexity index is 793. The van der Waals surface area contributed by atoms with E-state index in [-0.39, 0.29) is 11.8 Å². The van der Waals surface area contributed by atoms with Crippen LogP contribution in [0.5, 0.6) is 5.75 Å². The first-order chi connectivity index (χ1) is 12.2. The van der Waals surface area contributed by atoms with Gasteiger partial charge in [-0.2, -0.15) is 0 Å². The second kappa shape index (κ2) is 7.61. The van der Waals surface area contributed by atoms with Crippen molar-refractivity contribution < 1.29 is 18.7 Å². The number of amides is 2. The molecule has 25 heavy (non-hydrogen) atoms. The number of imide groups is 1. The van der Waals surface area contributed by atoms with Crippen LogP contribution in [0, 0.1) is 0 Å². The first kappa shape index (κ1) is 17.4. The molecule has 0 atom stereocenters. The van der Waals surface area contributed by atoms with Gasteiger partial charge in [0.2, 0.25) is 0 Å². The predicted octanol–water partition coefficient (Wildman–Crippen LogP) is 3.71. The predicted molar refractivity (Wildman–Crippen MR) is 96.9 cm³/mol. The van der Waals surface area contributed by atoms with E-state index in [9.17, 15) is 9.59 Å². The fourth-order valence-corrected chi connectivity index (χ4v) is 3.69. The maximum Gasteiger partial charge on any atom is 0.267 e. The van der Waals surface area contributed by atoms with Crippen molar-refractivity contribution in [2.24, 2.45) is 0 Å². The third kappa shape index (κ3) is 3.49. The van der Waals surface area contributed by atoms with Gasteiger partial charge in [0.15, 0.2) is 0 Å². The molecule has 2 aromatic rings. The zero-order chi connectivity index (χ0) is 17.8. The van der Waals surface area contributed by atoms with Gasteiger partial charge in [-0.1, -0.05) is 12.1 Å². The number of nitrogens with zero attached hydrogens (tertiary/aromatic N) is 1.